The molecule has 0 aliphatic rings. The van der Waals surface area contributed by atoms with Gasteiger partial charge in [0.15, 0.2) is 0 Å². The Bertz CT molecular complexity index is 702. The number of nitrogens with zero attached hydrogens (tertiary/aromatic N) is 2. The Morgan fingerprint density at radius 3 is 2.39 bits per heavy atom. The van der Waals surface area contributed by atoms with Gasteiger partial charge in [0.05, 0.1) is 17.8 Å². The molecular formula is C17H19ClN2O3. The van der Waals surface area contributed by atoms with E-state index in [2.05, 4.69) is 9.97 Å². The normalized spacial score (nSPS) is 10.9. The van der Waals surface area contributed by atoms with Crippen LogP contribution in [0.4, 0.5) is 0 Å². The van der Waals surface area contributed by atoms with Gasteiger partial charge in [0, 0.05) is 12.3 Å². The lowest BCUT2D eigenvalue weighted by Gasteiger charge is -2.16. The number of rotatable bonds is 6. The predicted molar refractivity (Wildman–Crippen MR) is 88.4 cm³/mol. The molecule has 122 valence electrons. The van der Waals surface area contributed by atoms with Crippen LogP contribution in [0.15, 0.2) is 30.5 Å². The highest BCUT2D eigenvalue weighted by molar-refractivity contribution is 6.28. The maximum Gasteiger partial charge on any atom is 0.222 e. The van der Waals surface area contributed by atoms with Gasteiger partial charge in [0.25, 0.3) is 0 Å². The molecule has 2 rings (SSSR count). The van der Waals surface area contributed by atoms with E-state index in [1.807, 2.05) is 27.7 Å². The average molecular weight is 335 g/mol. The Labute approximate surface area is 140 Å². The molecule has 1 aromatic heterocycles. The molecule has 0 radical (unpaired) electrons. The van der Waals surface area contributed by atoms with Gasteiger partial charge in [0.2, 0.25) is 11.1 Å². The molecule has 1 heterocycles. The van der Waals surface area contributed by atoms with Crippen molar-refractivity contribution in [3.05, 3.63) is 47.0 Å². The molecule has 6 heteroatoms. The van der Waals surface area contributed by atoms with Gasteiger partial charge < -0.3 is 9.47 Å². The number of halogens is 1. The minimum absolute atomic E-state index is 0.0296. The molecule has 0 N–H and O–H groups in total. The van der Waals surface area contributed by atoms with E-state index in [1.54, 1.807) is 18.2 Å². The lowest BCUT2D eigenvalue weighted by Crippen LogP contribution is -2.13. The number of ketones is 1. The van der Waals surface area contributed by atoms with Crippen LogP contribution in [0.3, 0.4) is 0 Å². The van der Waals surface area contributed by atoms with Gasteiger partial charge >= 0.3 is 0 Å². The first-order valence-electron chi connectivity index (χ1n) is 7.37. The van der Waals surface area contributed by atoms with Crippen molar-refractivity contribution >= 4 is 17.4 Å². The summed E-state index contributed by atoms with van der Waals surface area (Å²) in [5.41, 5.74) is 0.626. The Kier molecular flexibility index (Phi) is 5.55. The predicted octanol–water partition coefficient (Wildman–Crippen LogP) is 3.94. The van der Waals surface area contributed by atoms with Gasteiger partial charge in [-0.3, -0.25) is 4.79 Å². The number of carbonyl (C=O) groups excluding carboxylic acids is 1. The molecule has 0 aliphatic carbocycles. The highest BCUT2D eigenvalue weighted by Crippen LogP contribution is 2.28. The minimum Gasteiger partial charge on any atom is -0.491 e. The van der Waals surface area contributed by atoms with E-state index >= 15 is 0 Å². The standard InChI is InChI=1S/C17H19ClN2O3/c1-10(2)22-12-5-6-13(15(9-12)23-11(3)4)16(21)14-7-8-19-17(18)20-14/h5-11H,1-4H3. The second-order valence-electron chi connectivity index (χ2n) is 5.53. The number of hydrogen-bond acceptors (Lipinski definition) is 5. The zero-order chi connectivity index (χ0) is 17.0. The second-order valence-corrected chi connectivity index (χ2v) is 5.87. The van der Waals surface area contributed by atoms with Gasteiger partial charge in [0.1, 0.15) is 17.2 Å². The molecule has 0 saturated heterocycles. The van der Waals surface area contributed by atoms with Crippen LogP contribution in [-0.2, 0) is 0 Å². The molecule has 1 aromatic carbocycles. The number of aromatic nitrogens is 2. The first-order valence-corrected chi connectivity index (χ1v) is 7.75. The van der Waals surface area contributed by atoms with Crippen molar-refractivity contribution in [3.8, 4) is 11.5 Å². The van der Waals surface area contributed by atoms with E-state index < -0.39 is 0 Å². The summed E-state index contributed by atoms with van der Waals surface area (Å²) in [7, 11) is 0. The molecule has 0 fully saturated rings. The third kappa shape index (κ3) is 4.66. The first-order chi connectivity index (χ1) is 10.9. The Hall–Kier alpha value is -2.14. The average Bonchev–Trinajstić information content (AvgIpc) is 2.45. The number of benzene rings is 1. The fourth-order valence-electron chi connectivity index (χ4n) is 1.99. The van der Waals surface area contributed by atoms with Crippen molar-refractivity contribution in [1.29, 1.82) is 0 Å². The van der Waals surface area contributed by atoms with Crippen molar-refractivity contribution in [1.82, 2.24) is 9.97 Å². The largest absolute Gasteiger partial charge is 0.491 e. The van der Waals surface area contributed by atoms with Crippen molar-refractivity contribution < 1.29 is 14.3 Å². The molecule has 0 unspecified atom stereocenters. The van der Waals surface area contributed by atoms with Crippen LogP contribution in [0.2, 0.25) is 5.28 Å². The molecule has 0 aliphatic heterocycles. The summed E-state index contributed by atoms with van der Waals surface area (Å²) in [4.78, 5) is 20.4. The summed E-state index contributed by atoms with van der Waals surface area (Å²) in [6.45, 7) is 7.66. The van der Waals surface area contributed by atoms with Gasteiger partial charge in [-0.05, 0) is 57.5 Å². The summed E-state index contributed by atoms with van der Waals surface area (Å²) in [5.74, 6) is 0.826. The van der Waals surface area contributed by atoms with Gasteiger partial charge in [-0.1, -0.05) is 0 Å². The van der Waals surface area contributed by atoms with Gasteiger partial charge in [-0.2, -0.15) is 0 Å². The summed E-state index contributed by atoms with van der Waals surface area (Å²) in [6.07, 6.45) is 1.40. The number of hydrogen-bond donors (Lipinski definition) is 0. The highest BCUT2D eigenvalue weighted by Gasteiger charge is 2.18. The van der Waals surface area contributed by atoms with Crippen molar-refractivity contribution in [2.24, 2.45) is 0 Å². The lowest BCUT2D eigenvalue weighted by atomic mass is 10.1. The van der Waals surface area contributed by atoms with Crippen molar-refractivity contribution in [3.63, 3.8) is 0 Å². The number of carbonyl (C=O) groups is 1. The topological polar surface area (TPSA) is 61.3 Å². The summed E-state index contributed by atoms with van der Waals surface area (Å²) in [6, 6.07) is 6.65. The highest BCUT2D eigenvalue weighted by atomic mass is 35.5. The molecule has 0 amide bonds. The molecule has 23 heavy (non-hydrogen) atoms. The van der Waals surface area contributed by atoms with E-state index in [0.717, 1.165) is 0 Å². The van der Waals surface area contributed by atoms with Crippen LogP contribution >= 0.6 is 11.6 Å². The summed E-state index contributed by atoms with van der Waals surface area (Å²) >= 11 is 5.76. The molecule has 0 saturated carbocycles. The smallest absolute Gasteiger partial charge is 0.222 e. The Balaban J connectivity index is 2.41. The third-order valence-corrected chi connectivity index (χ3v) is 2.97. The first kappa shape index (κ1) is 17.2. The monoisotopic (exact) mass is 334 g/mol. The third-order valence-electron chi connectivity index (χ3n) is 2.79. The molecule has 2 aromatic rings. The van der Waals surface area contributed by atoms with Crippen LogP contribution in [0, 0.1) is 0 Å². The molecular weight excluding hydrogens is 316 g/mol. The van der Waals surface area contributed by atoms with Crippen LogP contribution in [0.5, 0.6) is 11.5 Å². The quantitative estimate of drug-likeness (QED) is 0.591. The van der Waals surface area contributed by atoms with Crippen LogP contribution in [0.1, 0.15) is 43.7 Å². The molecule has 0 bridgehead atoms. The SMILES string of the molecule is CC(C)Oc1ccc(C(=O)c2ccnc(Cl)n2)c(OC(C)C)c1. The number of ether oxygens (including phenoxy) is 2. The summed E-state index contributed by atoms with van der Waals surface area (Å²) in [5, 5.41) is 0.0296. The molecule has 0 spiro atoms. The zero-order valence-corrected chi connectivity index (χ0v) is 14.3. The van der Waals surface area contributed by atoms with Crippen LogP contribution in [-0.4, -0.2) is 28.0 Å². The van der Waals surface area contributed by atoms with Gasteiger partial charge in [-0.25, -0.2) is 9.97 Å². The van der Waals surface area contributed by atoms with E-state index in [1.165, 1.54) is 12.3 Å². The van der Waals surface area contributed by atoms with Crippen LogP contribution < -0.4 is 9.47 Å². The van der Waals surface area contributed by atoms with Crippen molar-refractivity contribution in [2.75, 3.05) is 0 Å². The van der Waals surface area contributed by atoms with Crippen molar-refractivity contribution in [2.45, 2.75) is 39.9 Å². The second kappa shape index (κ2) is 7.42. The maximum atomic E-state index is 12.7. The zero-order valence-electron chi connectivity index (χ0n) is 13.5. The summed E-state index contributed by atoms with van der Waals surface area (Å²) < 4.78 is 11.4. The van der Waals surface area contributed by atoms with E-state index in [4.69, 9.17) is 21.1 Å². The van der Waals surface area contributed by atoms with E-state index in [0.29, 0.717) is 17.1 Å². The van der Waals surface area contributed by atoms with E-state index in [9.17, 15) is 4.79 Å². The van der Waals surface area contributed by atoms with Crippen LogP contribution in [0.25, 0.3) is 0 Å². The lowest BCUT2D eigenvalue weighted by molar-refractivity contribution is 0.102. The maximum absolute atomic E-state index is 12.7. The van der Waals surface area contributed by atoms with E-state index in [-0.39, 0.29) is 29.0 Å². The molecule has 5 nitrogen and oxygen atoms in total. The fourth-order valence-corrected chi connectivity index (χ4v) is 2.13. The fraction of sp³-hybridized carbons (Fsp3) is 0.353. The van der Waals surface area contributed by atoms with Gasteiger partial charge in [-0.15, -0.1) is 0 Å². The Morgan fingerprint density at radius 1 is 1.09 bits per heavy atom. The molecule has 0 atom stereocenters. The minimum atomic E-state index is -0.277. The Morgan fingerprint density at radius 2 is 1.78 bits per heavy atom.